The van der Waals surface area contributed by atoms with Gasteiger partial charge >= 0.3 is 0 Å². The first kappa shape index (κ1) is 9.00. The molecular formula is C9H13NO2. The summed E-state index contributed by atoms with van der Waals surface area (Å²) in [5.74, 6) is 0.342. The molecule has 0 fully saturated rings. The summed E-state index contributed by atoms with van der Waals surface area (Å²) in [7, 11) is 0. The van der Waals surface area contributed by atoms with E-state index in [0.29, 0.717) is 18.5 Å². The van der Waals surface area contributed by atoms with Crippen LogP contribution >= 0.6 is 0 Å². The Morgan fingerprint density at radius 3 is 3.00 bits per heavy atom. The third-order valence-corrected chi connectivity index (χ3v) is 1.78. The highest BCUT2D eigenvalue weighted by Gasteiger charge is 2.10. The standard InChI is InChI=1S/C9H13NO2/c1-7(5-10)4-9(11)8-2-3-12-6-8/h2-3,6-7H,4-5,10H2,1H3. The lowest BCUT2D eigenvalue weighted by Crippen LogP contribution is -2.14. The second kappa shape index (κ2) is 4.07. The average molecular weight is 167 g/mol. The number of Topliss-reactive ketones (excluding diaryl/α,β-unsaturated/α-hetero) is 1. The van der Waals surface area contributed by atoms with Gasteiger partial charge in [-0.1, -0.05) is 6.92 Å². The van der Waals surface area contributed by atoms with Crippen LogP contribution in [0.25, 0.3) is 0 Å². The summed E-state index contributed by atoms with van der Waals surface area (Å²) in [6.07, 6.45) is 3.46. The van der Waals surface area contributed by atoms with E-state index in [1.54, 1.807) is 6.07 Å². The molecule has 3 heteroatoms. The summed E-state index contributed by atoms with van der Waals surface area (Å²) in [5.41, 5.74) is 6.03. The van der Waals surface area contributed by atoms with Gasteiger partial charge in [0, 0.05) is 6.42 Å². The molecule has 0 saturated heterocycles. The first-order valence-electron chi connectivity index (χ1n) is 3.99. The zero-order valence-electron chi connectivity index (χ0n) is 7.12. The largest absolute Gasteiger partial charge is 0.472 e. The quantitative estimate of drug-likeness (QED) is 0.690. The van der Waals surface area contributed by atoms with Crippen LogP contribution in [0.5, 0.6) is 0 Å². The van der Waals surface area contributed by atoms with Gasteiger partial charge in [-0.3, -0.25) is 4.79 Å². The maximum Gasteiger partial charge on any atom is 0.166 e. The van der Waals surface area contributed by atoms with Gasteiger partial charge in [0.2, 0.25) is 0 Å². The second-order valence-electron chi connectivity index (χ2n) is 2.98. The van der Waals surface area contributed by atoms with Crippen LogP contribution in [0.2, 0.25) is 0 Å². The first-order chi connectivity index (χ1) is 5.74. The number of hydrogen-bond acceptors (Lipinski definition) is 3. The van der Waals surface area contributed by atoms with Crippen molar-refractivity contribution in [1.29, 1.82) is 0 Å². The Morgan fingerprint density at radius 2 is 2.50 bits per heavy atom. The number of ketones is 1. The SMILES string of the molecule is CC(CN)CC(=O)c1ccoc1. The summed E-state index contributed by atoms with van der Waals surface area (Å²) < 4.78 is 4.80. The molecule has 0 aliphatic heterocycles. The van der Waals surface area contributed by atoms with E-state index in [9.17, 15) is 4.79 Å². The molecule has 66 valence electrons. The van der Waals surface area contributed by atoms with Gasteiger partial charge in [0.25, 0.3) is 0 Å². The molecule has 1 aromatic rings. The van der Waals surface area contributed by atoms with Crippen molar-refractivity contribution in [3.63, 3.8) is 0 Å². The number of carbonyl (C=O) groups is 1. The fourth-order valence-corrected chi connectivity index (χ4v) is 0.941. The summed E-state index contributed by atoms with van der Waals surface area (Å²) in [6.45, 7) is 2.50. The normalized spacial score (nSPS) is 12.8. The third-order valence-electron chi connectivity index (χ3n) is 1.78. The van der Waals surface area contributed by atoms with Crippen molar-refractivity contribution >= 4 is 5.78 Å². The minimum atomic E-state index is 0.0988. The Kier molecular flexibility index (Phi) is 3.05. The summed E-state index contributed by atoms with van der Waals surface area (Å²) in [5, 5.41) is 0. The Hall–Kier alpha value is -1.09. The molecule has 0 amide bonds. The van der Waals surface area contributed by atoms with E-state index in [1.165, 1.54) is 12.5 Å². The van der Waals surface area contributed by atoms with E-state index < -0.39 is 0 Å². The Bertz CT molecular complexity index is 241. The van der Waals surface area contributed by atoms with Gasteiger partial charge in [-0.2, -0.15) is 0 Å². The number of hydrogen-bond donors (Lipinski definition) is 1. The zero-order valence-corrected chi connectivity index (χ0v) is 7.12. The van der Waals surface area contributed by atoms with Gasteiger partial charge in [-0.25, -0.2) is 0 Å². The van der Waals surface area contributed by atoms with Gasteiger partial charge < -0.3 is 10.2 Å². The average Bonchev–Trinajstić information content (AvgIpc) is 2.56. The van der Waals surface area contributed by atoms with Gasteiger partial charge in [-0.05, 0) is 18.5 Å². The topological polar surface area (TPSA) is 56.2 Å². The highest BCUT2D eigenvalue weighted by Crippen LogP contribution is 2.08. The lowest BCUT2D eigenvalue weighted by atomic mass is 10.0. The van der Waals surface area contributed by atoms with Gasteiger partial charge in [0.15, 0.2) is 5.78 Å². The smallest absolute Gasteiger partial charge is 0.166 e. The number of furan rings is 1. The lowest BCUT2D eigenvalue weighted by molar-refractivity contribution is 0.0965. The Labute approximate surface area is 71.6 Å². The van der Waals surface area contributed by atoms with Crippen molar-refractivity contribution in [2.45, 2.75) is 13.3 Å². The van der Waals surface area contributed by atoms with Crippen molar-refractivity contribution in [1.82, 2.24) is 0 Å². The van der Waals surface area contributed by atoms with E-state index in [1.807, 2.05) is 6.92 Å². The molecule has 1 atom stereocenters. The molecule has 0 aromatic carbocycles. The number of nitrogens with two attached hydrogens (primary N) is 1. The fourth-order valence-electron chi connectivity index (χ4n) is 0.941. The molecule has 1 aromatic heterocycles. The number of carbonyl (C=O) groups excluding carboxylic acids is 1. The predicted molar refractivity (Wildman–Crippen MR) is 45.9 cm³/mol. The summed E-state index contributed by atoms with van der Waals surface area (Å²) in [6, 6.07) is 1.67. The molecule has 12 heavy (non-hydrogen) atoms. The molecule has 1 heterocycles. The van der Waals surface area contributed by atoms with Crippen molar-refractivity contribution < 1.29 is 9.21 Å². The van der Waals surface area contributed by atoms with Crippen LogP contribution in [0.1, 0.15) is 23.7 Å². The third kappa shape index (κ3) is 2.20. The van der Waals surface area contributed by atoms with Crippen LogP contribution in [0.3, 0.4) is 0 Å². The lowest BCUT2D eigenvalue weighted by Gasteiger charge is -2.04. The van der Waals surface area contributed by atoms with E-state index in [2.05, 4.69) is 0 Å². The zero-order chi connectivity index (χ0) is 8.97. The molecule has 1 unspecified atom stereocenters. The minimum absolute atomic E-state index is 0.0988. The second-order valence-corrected chi connectivity index (χ2v) is 2.98. The van der Waals surface area contributed by atoms with Crippen molar-refractivity contribution in [3.05, 3.63) is 24.2 Å². The highest BCUT2D eigenvalue weighted by atomic mass is 16.3. The van der Waals surface area contributed by atoms with Gasteiger partial charge in [-0.15, -0.1) is 0 Å². The maximum absolute atomic E-state index is 11.4. The fraction of sp³-hybridized carbons (Fsp3) is 0.444. The molecule has 1 rings (SSSR count). The first-order valence-corrected chi connectivity index (χ1v) is 3.99. The van der Waals surface area contributed by atoms with Crippen LogP contribution in [0, 0.1) is 5.92 Å². The molecule has 0 bridgehead atoms. The number of rotatable bonds is 4. The maximum atomic E-state index is 11.4. The van der Waals surface area contributed by atoms with Gasteiger partial charge in [0.05, 0.1) is 11.8 Å². The van der Waals surface area contributed by atoms with Crippen LogP contribution in [0.4, 0.5) is 0 Å². The van der Waals surface area contributed by atoms with Crippen molar-refractivity contribution in [2.24, 2.45) is 11.7 Å². The molecular weight excluding hydrogens is 154 g/mol. The van der Waals surface area contributed by atoms with Crippen LogP contribution in [0.15, 0.2) is 23.0 Å². The monoisotopic (exact) mass is 167 g/mol. The molecule has 2 N–H and O–H groups in total. The summed E-state index contributed by atoms with van der Waals surface area (Å²) >= 11 is 0. The van der Waals surface area contributed by atoms with E-state index in [0.717, 1.165) is 0 Å². The van der Waals surface area contributed by atoms with E-state index in [4.69, 9.17) is 10.2 Å². The van der Waals surface area contributed by atoms with Gasteiger partial charge in [0.1, 0.15) is 6.26 Å². The molecule has 0 aliphatic carbocycles. The molecule has 0 radical (unpaired) electrons. The minimum Gasteiger partial charge on any atom is -0.472 e. The van der Waals surface area contributed by atoms with E-state index in [-0.39, 0.29) is 11.7 Å². The van der Waals surface area contributed by atoms with Crippen LogP contribution in [-0.2, 0) is 0 Å². The summed E-state index contributed by atoms with van der Waals surface area (Å²) in [4.78, 5) is 11.4. The highest BCUT2D eigenvalue weighted by molar-refractivity contribution is 5.95. The molecule has 3 nitrogen and oxygen atoms in total. The van der Waals surface area contributed by atoms with Crippen LogP contribution in [-0.4, -0.2) is 12.3 Å². The molecule has 0 spiro atoms. The van der Waals surface area contributed by atoms with Crippen LogP contribution < -0.4 is 5.73 Å². The van der Waals surface area contributed by atoms with E-state index >= 15 is 0 Å². The predicted octanol–water partition coefficient (Wildman–Crippen LogP) is 1.45. The Morgan fingerprint density at radius 1 is 1.75 bits per heavy atom. The molecule has 0 saturated carbocycles. The molecule has 0 aliphatic rings. The Balaban J connectivity index is 2.50. The van der Waals surface area contributed by atoms with Crippen molar-refractivity contribution in [3.8, 4) is 0 Å². The van der Waals surface area contributed by atoms with Crippen molar-refractivity contribution in [2.75, 3.05) is 6.54 Å².